The van der Waals surface area contributed by atoms with Crippen LogP contribution in [0.15, 0.2) is 79.3 Å². The summed E-state index contributed by atoms with van der Waals surface area (Å²) < 4.78 is 44.2. The van der Waals surface area contributed by atoms with E-state index in [1.807, 2.05) is 0 Å². The van der Waals surface area contributed by atoms with Gasteiger partial charge in [-0.15, -0.1) is 0 Å². The van der Waals surface area contributed by atoms with Gasteiger partial charge in [0.05, 0.1) is 17.0 Å². The third-order valence-corrected chi connectivity index (χ3v) is 5.42. The molecule has 2 aromatic carbocycles. The van der Waals surface area contributed by atoms with Crippen LogP contribution in [-0.2, 0) is 12.1 Å². The predicted molar refractivity (Wildman–Crippen MR) is 117 cm³/mol. The predicted octanol–water partition coefficient (Wildman–Crippen LogP) is 4.85. The molecular formula is C23H19F3N4O3. The lowest BCUT2D eigenvalue weighted by molar-refractivity contribution is -0.384. The maximum Gasteiger partial charge on any atom is 0.423 e. The Morgan fingerprint density at radius 2 is 1.76 bits per heavy atom. The molecule has 0 aliphatic carbocycles. The highest BCUT2D eigenvalue weighted by Crippen LogP contribution is 2.43. The van der Waals surface area contributed by atoms with E-state index in [0.717, 1.165) is 11.6 Å². The number of benzene rings is 2. The minimum Gasteiger partial charge on any atom is -0.381 e. The van der Waals surface area contributed by atoms with E-state index in [2.05, 4.69) is 10.3 Å². The number of hydrogen-bond acceptors (Lipinski definition) is 5. The number of nitrogens with zero attached hydrogens (tertiary/aromatic N) is 3. The quantitative estimate of drug-likeness (QED) is 0.306. The van der Waals surface area contributed by atoms with Gasteiger partial charge in [0.25, 0.3) is 5.69 Å². The van der Waals surface area contributed by atoms with Gasteiger partial charge in [0, 0.05) is 53.9 Å². The highest BCUT2D eigenvalue weighted by molar-refractivity contribution is 5.87. The molecule has 33 heavy (non-hydrogen) atoms. The third kappa shape index (κ3) is 4.37. The fraction of sp³-hybridized carbons (Fsp3) is 0.174. The fourth-order valence-corrected chi connectivity index (χ4v) is 3.68. The maximum absolute atomic E-state index is 14.2. The zero-order chi connectivity index (χ0) is 23.6. The van der Waals surface area contributed by atoms with Crippen molar-refractivity contribution < 1.29 is 23.2 Å². The normalized spacial score (nSPS) is 13.6. The molecule has 4 aromatic rings. The van der Waals surface area contributed by atoms with Crippen LogP contribution >= 0.6 is 0 Å². The molecule has 0 amide bonds. The Bertz CT molecular complexity index is 1280. The fourth-order valence-electron chi connectivity index (χ4n) is 3.68. The Morgan fingerprint density at radius 1 is 1.06 bits per heavy atom. The molecule has 2 N–H and O–H groups in total. The van der Waals surface area contributed by atoms with Gasteiger partial charge in [-0.05, 0) is 23.8 Å². The maximum atomic E-state index is 14.2. The van der Waals surface area contributed by atoms with Crippen LogP contribution < -0.4 is 5.32 Å². The number of halogens is 3. The summed E-state index contributed by atoms with van der Waals surface area (Å²) in [7, 11) is 0. The van der Waals surface area contributed by atoms with Crippen molar-refractivity contribution in [2.45, 2.75) is 18.3 Å². The van der Waals surface area contributed by atoms with Gasteiger partial charge in [-0.3, -0.25) is 15.1 Å². The Hall–Kier alpha value is -3.92. The van der Waals surface area contributed by atoms with Crippen molar-refractivity contribution in [3.05, 3.63) is 100 Å². The average Bonchev–Trinajstić information content (AvgIpc) is 3.16. The van der Waals surface area contributed by atoms with Gasteiger partial charge >= 0.3 is 6.18 Å². The van der Waals surface area contributed by atoms with Crippen molar-refractivity contribution in [3.8, 4) is 0 Å². The van der Waals surface area contributed by atoms with Crippen molar-refractivity contribution in [2.75, 3.05) is 11.9 Å². The molecule has 2 heterocycles. The van der Waals surface area contributed by atoms with Crippen LogP contribution in [0.5, 0.6) is 0 Å². The number of nitro benzene ring substituents is 1. The Labute approximate surface area is 186 Å². The molecule has 2 aromatic heterocycles. The molecule has 0 aliphatic heterocycles. The minimum atomic E-state index is -5.03. The molecule has 1 unspecified atom stereocenters. The summed E-state index contributed by atoms with van der Waals surface area (Å²) in [5, 5.41) is 25.0. The molecule has 10 heteroatoms. The molecular weight excluding hydrogens is 437 g/mol. The molecule has 170 valence electrons. The summed E-state index contributed by atoms with van der Waals surface area (Å²) in [5.41, 5.74) is -2.54. The van der Waals surface area contributed by atoms with E-state index in [9.17, 15) is 28.4 Å². The van der Waals surface area contributed by atoms with E-state index in [1.165, 1.54) is 47.4 Å². The first-order valence-electron chi connectivity index (χ1n) is 9.94. The first-order valence-corrected chi connectivity index (χ1v) is 9.94. The topological polar surface area (TPSA) is 93.2 Å². The van der Waals surface area contributed by atoms with Gasteiger partial charge in [0.2, 0.25) is 5.60 Å². The highest BCUT2D eigenvalue weighted by atomic mass is 19.4. The second kappa shape index (κ2) is 8.55. The number of rotatable bonds is 7. The molecule has 4 rings (SSSR count). The number of alkyl halides is 3. The first kappa shape index (κ1) is 22.3. The van der Waals surface area contributed by atoms with Gasteiger partial charge in [0.1, 0.15) is 0 Å². The van der Waals surface area contributed by atoms with Gasteiger partial charge in [0.15, 0.2) is 0 Å². The highest BCUT2D eigenvalue weighted by Gasteiger charge is 2.56. The lowest BCUT2D eigenvalue weighted by atomic mass is 9.92. The average molecular weight is 456 g/mol. The molecule has 0 bridgehead atoms. The van der Waals surface area contributed by atoms with Crippen molar-refractivity contribution in [2.24, 2.45) is 0 Å². The van der Waals surface area contributed by atoms with Gasteiger partial charge < -0.3 is 15.0 Å². The summed E-state index contributed by atoms with van der Waals surface area (Å²) in [5.74, 6) is 0. The standard InChI is InChI=1S/C23H19F3N4O3/c24-23(25,26)22(31,15-28-17-8-10-27-11-9-17)20-14-29(13-16-4-2-1-3-5-16)21-12-18(30(32)33)6-7-19(20)21/h1-12,14,31H,13,15H2,(H,27,28). The van der Waals surface area contributed by atoms with E-state index >= 15 is 0 Å². The molecule has 0 fully saturated rings. The number of non-ortho nitro benzene ring substituents is 1. The third-order valence-electron chi connectivity index (χ3n) is 5.42. The number of nitrogens with one attached hydrogen (secondary N) is 1. The summed E-state index contributed by atoms with van der Waals surface area (Å²) in [6.45, 7) is -0.688. The number of fused-ring (bicyclic) bond motifs is 1. The minimum absolute atomic E-state index is 0.0767. The van der Waals surface area contributed by atoms with Crippen LogP contribution in [0.4, 0.5) is 24.5 Å². The lowest BCUT2D eigenvalue weighted by Crippen LogP contribution is -2.47. The molecule has 0 radical (unpaired) electrons. The van der Waals surface area contributed by atoms with Gasteiger partial charge in [-0.1, -0.05) is 30.3 Å². The zero-order valence-electron chi connectivity index (χ0n) is 17.2. The van der Waals surface area contributed by atoms with Crippen LogP contribution in [0, 0.1) is 10.1 Å². The van der Waals surface area contributed by atoms with Crippen molar-refractivity contribution in [1.82, 2.24) is 9.55 Å². The van der Waals surface area contributed by atoms with E-state index in [-0.39, 0.29) is 23.1 Å². The largest absolute Gasteiger partial charge is 0.423 e. The summed E-state index contributed by atoms with van der Waals surface area (Å²) in [4.78, 5) is 14.5. The summed E-state index contributed by atoms with van der Waals surface area (Å²) >= 11 is 0. The second-order valence-electron chi connectivity index (χ2n) is 7.56. The lowest BCUT2D eigenvalue weighted by Gasteiger charge is -2.31. The monoisotopic (exact) mass is 456 g/mol. The smallest absolute Gasteiger partial charge is 0.381 e. The van der Waals surface area contributed by atoms with Gasteiger partial charge in [-0.2, -0.15) is 13.2 Å². The van der Waals surface area contributed by atoms with E-state index in [1.54, 1.807) is 30.3 Å². The first-order chi connectivity index (χ1) is 15.7. The number of nitro groups is 1. The molecule has 1 atom stereocenters. The molecule has 0 saturated carbocycles. The van der Waals surface area contributed by atoms with Gasteiger partial charge in [-0.25, -0.2) is 0 Å². The number of anilines is 1. The van der Waals surface area contributed by atoms with Crippen molar-refractivity contribution in [1.29, 1.82) is 0 Å². The molecule has 0 aliphatic rings. The molecule has 0 spiro atoms. The van der Waals surface area contributed by atoms with Crippen LogP contribution in [-0.4, -0.2) is 32.3 Å². The number of pyridine rings is 1. The summed E-state index contributed by atoms with van der Waals surface area (Å²) in [6.07, 6.45) is -0.983. The van der Waals surface area contributed by atoms with Crippen LogP contribution in [0.1, 0.15) is 11.1 Å². The molecule has 0 saturated heterocycles. The Morgan fingerprint density at radius 3 is 2.39 bits per heavy atom. The van der Waals surface area contributed by atoms with Crippen molar-refractivity contribution >= 4 is 22.3 Å². The number of aliphatic hydroxyl groups is 1. The van der Waals surface area contributed by atoms with Crippen LogP contribution in [0.25, 0.3) is 10.9 Å². The molecule has 7 nitrogen and oxygen atoms in total. The van der Waals surface area contributed by atoms with Crippen LogP contribution in [0.3, 0.4) is 0 Å². The Balaban J connectivity index is 1.85. The second-order valence-corrected chi connectivity index (χ2v) is 7.56. The SMILES string of the molecule is O=[N+]([O-])c1ccc2c(C(O)(CNc3ccncc3)C(F)(F)F)cn(Cc3ccccc3)c2c1. The summed E-state index contributed by atoms with van der Waals surface area (Å²) in [6, 6.07) is 15.5. The number of hydrogen-bond donors (Lipinski definition) is 2. The van der Waals surface area contributed by atoms with E-state index in [0.29, 0.717) is 5.69 Å². The van der Waals surface area contributed by atoms with E-state index < -0.39 is 28.8 Å². The van der Waals surface area contributed by atoms with Crippen LogP contribution in [0.2, 0.25) is 0 Å². The van der Waals surface area contributed by atoms with E-state index in [4.69, 9.17) is 0 Å². The Kier molecular flexibility index (Phi) is 5.77. The zero-order valence-corrected chi connectivity index (χ0v) is 17.2. The van der Waals surface area contributed by atoms with Crippen molar-refractivity contribution in [3.63, 3.8) is 0 Å². The number of aromatic nitrogens is 2.